The van der Waals surface area contributed by atoms with Crippen LogP contribution in [0.25, 0.3) is 0 Å². The molecule has 0 radical (unpaired) electrons. The van der Waals surface area contributed by atoms with Crippen LogP contribution in [0.4, 0.5) is 0 Å². The van der Waals surface area contributed by atoms with Crippen molar-refractivity contribution in [1.82, 2.24) is 5.32 Å². The predicted molar refractivity (Wildman–Crippen MR) is 68.7 cm³/mol. The number of rotatable bonds is 4. The van der Waals surface area contributed by atoms with Crippen molar-refractivity contribution in [2.45, 2.75) is 32.1 Å². The van der Waals surface area contributed by atoms with Crippen LogP contribution in [0.15, 0.2) is 12.7 Å². The molecule has 0 aromatic rings. The van der Waals surface area contributed by atoms with E-state index >= 15 is 0 Å². The lowest BCUT2D eigenvalue weighted by atomic mass is 9.51. The largest absolute Gasteiger partial charge is 0.345 e. The van der Waals surface area contributed by atoms with Crippen molar-refractivity contribution in [3.05, 3.63) is 12.7 Å². The molecule has 1 amide bonds. The highest BCUT2D eigenvalue weighted by Gasteiger charge is 2.50. The monoisotopic (exact) mass is 247 g/mol. The van der Waals surface area contributed by atoms with Crippen LogP contribution < -0.4 is 5.32 Å². The number of ketones is 1. The maximum atomic E-state index is 12.3. The second kappa shape index (κ2) is 4.52. The zero-order valence-corrected chi connectivity index (χ0v) is 10.7. The third kappa shape index (κ3) is 2.00. The van der Waals surface area contributed by atoms with E-state index in [-0.39, 0.29) is 24.2 Å². The molecule has 4 saturated carbocycles. The van der Waals surface area contributed by atoms with E-state index in [1.54, 1.807) is 0 Å². The lowest BCUT2D eigenvalue weighted by Crippen LogP contribution is -2.50. The molecule has 18 heavy (non-hydrogen) atoms. The SMILES string of the molecule is C=CC(=O)NCC(=O)C1C2CC3CC(C2)CC1C3. The van der Waals surface area contributed by atoms with Crippen LogP contribution in [-0.4, -0.2) is 18.2 Å². The molecule has 0 heterocycles. The van der Waals surface area contributed by atoms with E-state index < -0.39 is 0 Å². The van der Waals surface area contributed by atoms with Gasteiger partial charge in [-0.3, -0.25) is 9.59 Å². The minimum absolute atomic E-state index is 0.192. The molecule has 0 saturated heterocycles. The summed E-state index contributed by atoms with van der Waals surface area (Å²) in [6.45, 7) is 3.59. The van der Waals surface area contributed by atoms with Gasteiger partial charge in [0.15, 0.2) is 5.78 Å². The molecule has 0 aromatic heterocycles. The summed E-state index contributed by atoms with van der Waals surface area (Å²) < 4.78 is 0. The van der Waals surface area contributed by atoms with Gasteiger partial charge in [0.2, 0.25) is 5.91 Å². The van der Waals surface area contributed by atoms with Crippen LogP contribution in [0, 0.1) is 29.6 Å². The second-order valence-corrected chi connectivity index (χ2v) is 6.34. The van der Waals surface area contributed by atoms with Gasteiger partial charge in [-0.05, 0) is 61.9 Å². The van der Waals surface area contributed by atoms with E-state index in [0.717, 1.165) is 11.8 Å². The number of hydrogen-bond donors (Lipinski definition) is 1. The molecule has 3 heteroatoms. The number of nitrogens with one attached hydrogen (secondary N) is 1. The molecule has 0 atom stereocenters. The Morgan fingerprint density at radius 1 is 1.06 bits per heavy atom. The van der Waals surface area contributed by atoms with Crippen molar-refractivity contribution in [1.29, 1.82) is 0 Å². The zero-order chi connectivity index (χ0) is 12.7. The van der Waals surface area contributed by atoms with Gasteiger partial charge >= 0.3 is 0 Å². The van der Waals surface area contributed by atoms with E-state index in [9.17, 15) is 9.59 Å². The molecule has 4 aliphatic carbocycles. The number of Topliss-reactive ketones (excluding diaryl/α,β-unsaturated/α-hetero) is 1. The third-order valence-corrected chi connectivity index (χ3v) is 5.22. The highest BCUT2D eigenvalue weighted by atomic mass is 16.2. The molecule has 4 fully saturated rings. The molecule has 0 aliphatic heterocycles. The van der Waals surface area contributed by atoms with E-state index in [1.807, 2.05) is 0 Å². The van der Waals surface area contributed by atoms with Crippen molar-refractivity contribution in [2.24, 2.45) is 29.6 Å². The number of carbonyl (C=O) groups is 2. The molecule has 0 unspecified atom stereocenters. The lowest BCUT2D eigenvalue weighted by molar-refractivity contribution is -0.136. The highest BCUT2D eigenvalue weighted by molar-refractivity contribution is 5.92. The average Bonchev–Trinajstić information content (AvgIpc) is 2.34. The molecular formula is C15H21NO2. The average molecular weight is 247 g/mol. The van der Waals surface area contributed by atoms with Gasteiger partial charge in [-0.15, -0.1) is 0 Å². The summed E-state index contributed by atoms with van der Waals surface area (Å²) in [6, 6.07) is 0. The summed E-state index contributed by atoms with van der Waals surface area (Å²) in [5.41, 5.74) is 0. The molecule has 0 aromatic carbocycles. The quantitative estimate of drug-likeness (QED) is 0.772. The molecular weight excluding hydrogens is 226 g/mol. The number of amides is 1. The smallest absolute Gasteiger partial charge is 0.243 e. The van der Waals surface area contributed by atoms with Gasteiger partial charge in [0.05, 0.1) is 6.54 Å². The van der Waals surface area contributed by atoms with E-state index in [1.165, 1.54) is 38.2 Å². The Morgan fingerprint density at radius 3 is 2.11 bits per heavy atom. The topological polar surface area (TPSA) is 46.2 Å². The Kier molecular flexibility index (Phi) is 3.00. The van der Waals surface area contributed by atoms with Gasteiger partial charge in [0.25, 0.3) is 0 Å². The molecule has 4 bridgehead atoms. The Bertz CT molecular complexity index is 360. The van der Waals surface area contributed by atoms with Gasteiger partial charge in [-0.2, -0.15) is 0 Å². The summed E-state index contributed by atoms with van der Waals surface area (Å²) in [7, 11) is 0. The minimum atomic E-state index is -0.243. The summed E-state index contributed by atoms with van der Waals surface area (Å²) in [4.78, 5) is 23.4. The van der Waals surface area contributed by atoms with Crippen molar-refractivity contribution in [2.75, 3.05) is 6.54 Å². The third-order valence-electron chi connectivity index (χ3n) is 5.22. The lowest BCUT2D eigenvalue weighted by Gasteiger charge is -2.53. The molecule has 0 spiro atoms. The van der Waals surface area contributed by atoms with Crippen LogP contribution in [0.2, 0.25) is 0 Å². The van der Waals surface area contributed by atoms with Gasteiger partial charge in [-0.25, -0.2) is 0 Å². The van der Waals surface area contributed by atoms with Crippen LogP contribution in [0.5, 0.6) is 0 Å². The number of carbonyl (C=O) groups excluding carboxylic acids is 2. The number of hydrogen-bond acceptors (Lipinski definition) is 2. The van der Waals surface area contributed by atoms with Crippen LogP contribution in [0.3, 0.4) is 0 Å². The van der Waals surface area contributed by atoms with Crippen LogP contribution >= 0.6 is 0 Å². The fraction of sp³-hybridized carbons (Fsp3) is 0.733. The van der Waals surface area contributed by atoms with Gasteiger partial charge < -0.3 is 5.32 Å². The molecule has 4 aliphatic rings. The summed E-state index contributed by atoms with van der Waals surface area (Å²) in [5.74, 6) is 3.22. The Labute approximate surface area is 108 Å². The summed E-state index contributed by atoms with van der Waals surface area (Å²) in [6.07, 6.45) is 7.63. The second-order valence-electron chi connectivity index (χ2n) is 6.34. The maximum Gasteiger partial charge on any atom is 0.243 e. The zero-order valence-electron chi connectivity index (χ0n) is 10.7. The van der Waals surface area contributed by atoms with Gasteiger partial charge in [0.1, 0.15) is 0 Å². The molecule has 1 N–H and O–H groups in total. The molecule has 4 rings (SSSR count). The fourth-order valence-corrected chi connectivity index (χ4v) is 4.82. The van der Waals surface area contributed by atoms with E-state index in [2.05, 4.69) is 11.9 Å². The van der Waals surface area contributed by atoms with E-state index in [4.69, 9.17) is 0 Å². The highest BCUT2D eigenvalue weighted by Crippen LogP contribution is 2.56. The standard InChI is InChI=1S/C15H21NO2/c1-2-14(18)16-8-13(17)15-11-4-9-3-10(6-11)7-12(15)5-9/h2,9-12,15H,1,3-8H2,(H,16,18). The van der Waals surface area contributed by atoms with Gasteiger partial charge in [-0.1, -0.05) is 6.58 Å². The summed E-state index contributed by atoms with van der Waals surface area (Å²) >= 11 is 0. The first-order valence-corrected chi connectivity index (χ1v) is 7.10. The predicted octanol–water partition coefficient (Wildman–Crippen LogP) is 1.93. The minimum Gasteiger partial charge on any atom is -0.345 e. The Hall–Kier alpha value is -1.12. The molecule has 98 valence electrons. The van der Waals surface area contributed by atoms with Crippen molar-refractivity contribution < 1.29 is 9.59 Å². The van der Waals surface area contributed by atoms with Crippen LogP contribution in [-0.2, 0) is 9.59 Å². The van der Waals surface area contributed by atoms with Crippen molar-refractivity contribution in [3.63, 3.8) is 0 Å². The first kappa shape index (κ1) is 11.9. The fourth-order valence-electron chi connectivity index (χ4n) is 4.82. The normalized spacial score (nSPS) is 40.6. The van der Waals surface area contributed by atoms with Crippen molar-refractivity contribution in [3.8, 4) is 0 Å². The van der Waals surface area contributed by atoms with E-state index in [0.29, 0.717) is 11.8 Å². The first-order valence-electron chi connectivity index (χ1n) is 7.10. The first-order chi connectivity index (χ1) is 8.67. The Balaban J connectivity index is 1.64. The molecule has 3 nitrogen and oxygen atoms in total. The maximum absolute atomic E-state index is 12.3. The van der Waals surface area contributed by atoms with Crippen molar-refractivity contribution >= 4 is 11.7 Å². The van der Waals surface area contributed by atoms with Crippen LogP contribution in [0.1, 0.15) is 32.1 Å². The Morgan fingerprint density at radius 2 is 1.61 bits per heavy atom. The summed E-state index contributed by atoms with van der Waals surface area (Å²) in [5, 5.41) is 2.63. The van der Waals surface area contributed by atoms with Gasteiger partial charge in [0, 0.05) is 5.92 Å².